The maximum atomic E-state index is 5.73. The smallest absolute Gasteiger partial charge is 0.203 e. The van der Waals surface area contributed by atoms with Gasteiger partial charge in [-0.05, 0) is 25.4 Å². The Morgan fingerprint density at radius 2 is 2.19 bits per heavy atom. The highest BCUT2D eigenvalue weighted by Crippen LogP contribution is 2.18. The zero-order chi connectivity index (χ0) is 14.7. The standard InChI is InChI=1S/C14H23N7/c1-12(9-15)10-19-4-2-5-20(8-7-19)13-14-18-17-11-21(14)6-3-16-13/h3,6,11-12H,2,4-5,7-10,15H2,1H3. The van der Waals surface area contributed by atoms with Crippen molar-refractivity contribution in [3.8, 4) is 0 Å². The van der Waals surface area contributed by atoms with Gasteiger partial charge in [0.25, 0.3) is 0 Å². The number of aromatic nitrogens is 4. The summed E-state index contributed by atoms with van der Waals surface area (Å²) in [5.41, 5.74) is 6.57. The van der Waals surface area contributed by atoms with Gasteiger partial charge in [-0.1, -0.05) is 6.92 Å². The highest BCUT2D eigenvalue weighted by Gasteiger charge is 2.19. The van der Waals surface area contributed by atoms with Gasteiger partial charge in [0.1, 0.15) is 6.33 Å². The van der Waals surface area contributed by atoms with Gasteiger partial charge >= 0.3 is 0 Å². The Labute approximate surface area is 124 Å². The fraction of sp³-hybridized carbons (Fsp3) is 0.643. The zero-order valence-electron chi connectivity index (χ0n) is 12.5. The molecule has 1 fully saturated rings. The minimum absolute atomic E-state index is 0.551. The van der Waals surface area contributed by atoms with E-state index in [9.17, 15) is 0 Å². The molecule has 0 radical (unpaired) electrons. The largest absolute Gasteiger partial charge is 0.352 e. The van der Waals surface area contributed by atoms with Crippen molar-refractivity contribution in [1.29, 1.82) is 0 Å². The molecule has 7 nitrogen and oxygen atoms in total. The van der Waals surface area contributed by atoms with E-state index in [0.717, 1.165) is 57.2 Å². The third-order valence-corrected chi connectivity index (χ3v) is 4.06. The summed E-state index contributed by atoms with van der Waals surface area (Å²) < 4.78 is 1.92. The van der Waals surface area contributed by atoms with Gasteiger partial charge < -0.3 is 15.5 Å². The van der Waals surface area contributed by atoms with Crippen LogP contribution in [0.25, 0.3) is 5.65 Å². The average Bonchev–Trinajstić information content (AvgIpc) is 2.87. The molecule has 3 rings (SSSR count). The summed E-state index contributed by atoms with van der Waals surface area (Å²) in [6.07, 6.45) is 6.54. The van der Waals surface area contributed by atoms with Crippen LogP contribution in [0.15, 0.2) is 18.7 Å². The van der Waals surface area contributed by atoms with Crippen LogP contribution in [0.5, 0.6) is 0 Å². The van der Waals surface area contributed by atoms with Gasteiger partial charge in [0.2, 0.25) is 5.65 Å². The summed E-state index contributed by atoms with van der Waals surface area (Å²) in [5.74, 6) is 1.48. The molecule has 0 aromatic carbocycles. The molecule has 21 heavy (non-hydrogen) atoms. The highest BCUT2D eigenvalue weighted by atomic mass is 15.3. The van der Waals surface area contributed by atoms with E-state index in [4.69, 9.17) is 5.73 Å². The molecule has 114 valence electrons. The molecular weight excluding hydrogens is 266 g/mol. The maximum absolute atomic E-state index is 5.73. The van der Waals surface area contributed by atoms with E-state index < -0.39 is 0 Å². The van der Waals surface area contributed by atoms with Crippen LogP contribution in [0.4, 0.5) is 5.82 Å². The Morgan fingerprint density at radius 1 is 1.29 bits per heavy atom. The molecule has 3 heterocycles. The number of hydrogen-bond donors (Lipinski definition) is 1. The molecular formula is C14H23N7. The van der Waals surface area contributed by atoms with Gasteiger partial charge in [0, 0.05) is 38.6 Å². The molecule has 1 atom stereocenters. The first-order valence-corrected chi connectivity index (χ1v) is 7.59. The Kier molecular flexibility index (Phi) is 4.31. The van der Waals surface area contributed by atoms with Crippen molar-refractivity contribution < 1.29 is 0 Å². The molecule has 2 N–H and O–H groups in total. The van der Waals surface area contributed by atoms with E-state index >= 15 is 0 Å². The second-order valence-corrected chi connectivity index (χ2v) is 5.79. The fourth-order valence-electron chi connectivity index (χ4n) is 2.85. The highest BCUT2D eigenvalue weighted by molar-refractivity contribution is 5.63. The third kappa shape index (κ3) is 3.14. The normalized spacial score (nSPS) is 18.9. The summed E-state index contributed by atoms with van der Waals surface area (Å²) in [7, 11) is 0. The van der Waals surface area contributed by atoms with Crippen molar-refractivity contribution in [1.82, 2.24) is 24.5 Å². The predicted molar refractivity (Wildman–Crippen MR) is 82.3 cm³/mol. The first-order valence-electron chi connectivity index (χ1n) is 7.59. The number of nitrogens with zero attached hydrogens (tertiary/aromatic N) is 6. The van der Waals surface area contributed by atoms with E-state index in [0.29, 0.717) is 5.92 Å². The molecule has 0 saturated carbocycles. The SMILES string of the molecule is CC(CN)CN1CCCN(c2nccn3cnnc23)CC1. The second-order valence-electron chi connectivity index (χ2n) is 5.79. The molecule has 0 spiro atoms. The quantitative estimate of drug-likeness (QED) is 0.868. The molecule has 1 unspecified atom stereocenters. The number of rotatable bonds is 4. The molecule has 2 aromatic heterocycles. The van der Waals surface area contributed by atoms with Crippen molar-refractivity contribution in [2.75, 3.05) is 44.2 Å². The third-order valence-electron chi connectivity index (χ3n) is 4.06. The van der Waals surface area contributed by atoms with Gasteiger partial charge in [0.05, 0.1) is 0 Å². The summed E-state index contributed by atoms with van der Waals surface area (Å²) in [4.78, 5) is 9.33. The second kappa shape index (κ2) is 6.36. The van der Waals surface area contributed by atoms with Crippen LogP contribution < -0.4 is 10.6 Å². The number of hydrogen-bond acceptors (Lipinski definition) is 6. The molecule has 1 aliphatic rings. The Bertz CT molecular complexity index is 581. The Morgan fingerprint density at radius 3 is 3.05 bits per heavy atom. The minimum atomic E-state index is 0.551. The van der Waals surface area contributed by atoms with Crippen LogP contribution >= 0.6 is 0 Å². The number of anilines is 1. The zero-order valence-corrected chi connectivity index (χ0v) is 12.5. The van der Waals surface area contributed by atoms with E-state index in [-0.39, 0.29) is 0 Å². The van der Waals surface area contributed by atoms with E-state index in [2.05, 4.69) is 31.9 Å². The van der Waals surface area contributed by atoms with Crippen LogP contribution in [0.2, 0.25) is 0 Å². The predicted octanol–water partition coefficient (Wildman–Crippen LogP) is 0.231. The lowest BCUT2D eigenvalue weighted by molar-refractivity contribution is 0.255. The van der Waals surface area contributed by atoms with E-state index in [1.54, 1.807) is 6.33 Å². The number of fused-ring (bicyclic) bond motifs is 1. The number of nitrogens with two attached hydrogens (primary N) is 1. The lowest BCUT2D eigenvalue weighted by Gasteiger charge is -2.24. The van der Waals surface area contributed by atoms with Gasteiger partial charge in [-0.3, -0.25) is 4.40 Å². The van der Waals surface area contributed by atoms with Gasteiger partial charge in [-0.25, -0.2) is 4.98 Å². The monoisotopic (exact) mass is 289 g/mol. The summed E-state index contributed by atoms with van der Waals surface area (Å²) in [5, 5.41) is 8.15. The lowest BCUT2D eigenvalue weighted by atomic mass is 10.1. The van der Waals surface area contributed by atoms with Crippen LogP contribution in [-0.2, 0) is 0 Å². The van der Waals surface area contributed by atoms with Gasteiger partial charge in [-0.2, -0.15) is 0 Å². The Hall–Kier alpha value is -1.73. The summed E-state index contributed by atoms with van der Waals surface area (Å²) in [6, 6.07) is 0. The van der Waals surface area contributed by atoms with Crippen LogP contribution in [0, 0.1) is 5.92 Å². The molecule has 7 heteroatoms. The Balaban J connectivity index is 1.71. The minimum Gasteiger partial charge on any atom is -0.352 e. The molecule has 1 aliphatic heterocycles. The topological polar surface area (TPSA) is 75.6 Å². The first-order chi connectivity index (χ1) is 10.3. The van der Waals surface area contributed by atoms with Crippen molar-refractivity contribution >= 4 is 11.5 Å². The molecule has 0 bridgehead atoms. The van der Waals surface area contributed by atoms with Crippen LogP contribution in [0.1, 0.15) is 13.3 Å². The summed E-state index contributed by atoms with van der Waals surface area (Å²) >= 11 is 0. The molecule has 2 aromatic rings. The first kappa shape index (κ1) is 14.2. The van der Waals surface area contributed by atoms with Gasteiger partial charge in [0.15, 0.2) is 5.82 Å². The summed E-state index contributed by atoms with van der Waals surface area (Å²) in [6.45, 7) is 8.18. The van der Waals surface area contributed by atoms with Crippen molar-refractivity contribution in [2.45, 2.75) is 13.3 Å². The molecule has 0 amide bonds. The molecule has 0 aliphatic carbocycles. The van der Waals surface area contributed by atoms with Crippen molar-refractivity contribution in [3.63, 3.8) is 0 Å². The fourth-order valence-corrected chi connectivity index (χ4v) is 2.85. The van der Waals surface area contributed by atoms with Crippen molar-refractivity contribution in [3.05, 3.63) is 18.7 Å². The van der Waals surface area contributed by atoms with E-state index in [1.807, 2.05) is 16.8 Å². The van der Waals surface area contributed by atoms with Crippen LogP contribution in [0.3, 0.4) is 0 Å². The van der Waals surface area contributed by atoms with Crippen molar-refractivity contribution in [2.24, 2.45) is 11.7 Å². The van der Waals surface area contributed by atoms with Crippen LogP contribution in [-0.4, -0.2) is 63.8 Å². The van der Waals surface area contributed by atoms with E-state index in [1.165, 1.54) is 0 Å². The lowest BCUT2D eigenvalue weighted by Crippen LogP contribution is -2.35. The maximum Gasteiger partial charge on any atom is 0.203 e. The van der Waals surface area contributed by atoms with Gasteiger partial charge in [-0.15, -0.1) is 10.2 Å². The average molecular weight is 289 g/mol. The molecule has 1 saturated heterocycles.